The van der Waals surface area contributed by atoms with Gasteiger partial charge in [-0.1, -0.05) is 19.9 Å². The number of benzene rings is 1. The molecule has 1 unspecified atom stereocenters. The monoisotopic (exact) mass is 380 g/mol. The molecule has 1 aromatic carbocycles. The van der Waals surface area contributed by atoms with Gasteiger partial charge in [0, 0.05) is 23.6 Å². The van der Waals surface area contributed by atoms with E-state index in [4.69, 9.17) is 15.2 Å². The van der Waals surface area contributed by atoms with E-state index in [1.54, 1.807) is 6.07 Å². The second-order valence-electron chi connectivity index (χ2n) is 8.22. The van der Waals surface area contributed by atoms with Crippen molar-refractivity contribution in [1.29, 1.82) is 0 Å². The number of nitrogens with zero attached hydrogens (tertiary/aromatic N) is 1. The lowest BCUT2D eigenvalue weighted by Gasteiger charge is -2.38. The van der Waals surface area contributed by atoms with Crippen molar-refractivity contribution in [1.82, 2.24) is 9.97 Å². The van der Waals surface area contributed by atoms with E-state index < -0.39 is 5.92 Å². The minimum atomic E-state index is -0.541. The number of hydrogen-bond donors (Lipinski definition) is 3. The van der Waals surface area contributed by atoms with Crippen molar-refractivity contribution in [3.05, 3.63) is 50.9 Å². The molecule has 1 aliphatic carbocycles. The Hall–Kier alpha value is -3.29. The van der Waals surface area contributed by atoms with Crippen LogP contribution in [0.5, 0.6) is 11.5 Å². The highest BCUT2D eigenvalue weighted by molar-refractivity contribution is 6.01. The molecule has 0 saturated heterocycles. The van der Waals surface area contributed by atoms with Crippen LogP contribution in [0.25, 0.3) is 0 Å². The number of H-pyrrole nitrogens is 1. The lowest BCUT2D eigenvalue weighted by Crippen LogP contribution is -2.37. The molecule has 3 aliphatic rings. The number of aromatic amines is 1. The third-order valence-electron chi connectivity index (χ3n) is 5.47. The summed E-state index contributed by atoms with van der Waals surface area (Å²) < 4.78 is 10.9. The number of aromatic nitrogens is 2. The van der Waals surface area contributed by atoms with Gasteiger partial charge in [0.2, 0.25) is 12.7 Å². The van der Waals surface area contributed by atoms with Crippen molar-refractivity contribution < 1.29 is 14.3 Å². The summed E-state index contributed by atoms with van der Waals surface area (Å²) in [4.78, 5) is 32.8. The first-order valence-corrected chi connectivity index (χ1v) is 9.15. The van der Waals surface area contributed by atoms with Crippen molar-refractivity contribution in [3.8, 4) is 11.5 Å². The van der Waals surface area contributed by atoms with E-state index in [2.05, 4.69) is 29.1 Å². The molecule has 2 aliphatic heterocycles. The van der Waals surface area contributed by atoms with Crippen molar-refractivity contribution in [2.75, 3.05) is 17.8 Å². The number of fused-ring (bicyclic) bond motifs is 2. The molecule has 8 nitrogen and oxygen atoms in total. The molecule has 1 atom stereocenters. The van der Waals surface area contributed by atoms with E-state index in [0.29, 0.717) is 41.3 Å². The minimum absolute atomic E-state index is 0.0308. The average Bonchev–Trinajstić information content (AvgIpc) is 3.06. The van der Waals surface area contributed by atoms with Gasteiger partial charge in [0.05, 0.1) is 5.56 Å². The van der Waals surface area contributed by atoms with Crippen molar-refractivity contribution in [3.63, 3.8) is 0 Å². The first kappa shape index (κ1) is 16.9. The number of ketones is 1. The van der Waals surface area contributed by atoms with E-state index in [-0.39, 0.29) is 29.5 Å². The van der Waals surface area contributed by atoms with Gasteiger partial charge in [-0.15, -0.1) is 0 Å². The summed E-state index contributed by atoms with van der Waals surface area (Å²) in [5.41, 5.74) is 7.81. The van der Waals surface area contributed by atoms with Crippen LogP contribution in [0.3, 0.4) is 0 Å². The van der Waals surface area contributed by atoms with Crippen LogP contribution in [0.2, 0.25) is 0 Å². The zero-order valence-corrected chi connectivity index (χ0v) is 15.6. The second kappa shape index (κ2) is 5.60. The summed E-state index contributed by atoms with van der Waals surface area (Å²) in [6.45, 7) is 4.27. The number of nitrogens with two attached hydrogens (primary N) is 1. The normalized spacial score (nSPS) is 21.8. The van der Waals surface area contributed by atoms with Gasteiger partial charge in [0.25, 0.3) is 5.56 Å². The number of hydrogen-bond acceptors (Lipinski definition) is 7. The lowest BCUT2D eigenvalue weighted by atomic mass is 9.69. The molecule has 3 heterocycles. The third-order valence-corrected chi connectivity index (χ3v) is 5.47. The summed E-state index contributed by atoms with van der Waals surface area (Å²) in [5.74, 6) is 1.17. The average molecular weight is 380 g/mol. The molecule has 2 aromatic rings. The quantitative estimate of drug-likeness (QED) is 0.694. The van der Waals surface area contributed by atoms with Crippen LogP contribution < -0.4 is 26.1 Å². The van der Waals surface area contributed by atoms with Crippen LogP contribution in [-0.2, 0) is 4.79 Å². The van der Waals surface area contributed by atoms with E-state index in [1.165, 1.54) is 0 Å². The maximum absolute atomic E-state index is 13.1. The fourth-order valence-corrected chi connectivity index (χ4v) is 4.36. The standard InChI is InChI=1S/C20H20N4O4/c1-20(2)6-10-15(11(25)7-20)14(9-3-4-12-13(5-9)28-8-27-12)16-17(22-10)23-19(21)24-18(16)26/h3-5,14H,6-8H2,1-2H3,(H4,21,22,23,24,26). The molecule has 0 fully saturated rings. The summed E-state index contributed by atoms with van der Waals surface area (Å²) in [7, 11) is 0. The van der Waals surface area contributed by atoms with Gasteiger partial charge >= 0.3 is 0 Å². The third kappa shape index (κ3) is 2.48. The van der Waals surface area contributed by atoms with Crippen LogP contribution in [-0.4, -0.2) is 22.5 Å². The predicted molar refractivity (Wildman–Crippen MR) is 102 cm³/mol. The van der Waals surface area contributed by atoms with E-state index in [0.717, 1.165) is 11.3 Å². The van der Waals surface area contributed by atoms with Crippen molar-refractivity contribution >= 4 is 17.5 Å². The molecule has 0 saturated carbocycles. The highest BCUT2D eigenvalue weighted by atomic mass is 16.7. The highest BCUT2D eigenvalue weighted by Crippen LogP contribution is 2.48. The maximum Gasteiger partial charge on any atom is 0.258 e. The number of Topliss-reactive ketones (excluding diaryl/α,β-unsaturated/α-hetero) is 1. The molecule has 4 N–H and O–H groups in total. The molecule has 0 bridgehead atoms. The number of nitrogen functional groups attached to an aromatic ring is 1. The Labute approximate surface area is 160 Å². The molecule has 8 heteroatoms. The Kier molecular flexibility index (Phi) is 3.37. The predicted octanol–water partition coefficient (Wildman–Crippen LogP) is 2.28. The van der Waals surface area contributed by atoms with Crippen molar-refractivity contribution in [2.24, 2.45) is 5.41 Å². The Bertz CT molecular complexity index is 1120. The smallest absolute Gasteiger partial charge is 0.258 e. The van der Waals surface area contributed by atoms with Gasteiger partial charge in [0.15, 0.2) is 17.3 Å². The molecule has 1 aromatic heterocycles. The maximum atomic E-state index is 13.1. The number of nitrogens with one attached hydrogen (secondary N) is 2. The molecule has 0 radical (unpaired) electrons. The molecule has 28 heavy (non-hydrogen) atoms. The number of carbonyl (C=O) groups excluding carboxylic acids is 1. The molecule has 5 rings (SSSR count). The number of carbonyl (C=O) groups is 1. The fraction of sp³-hybridized carbons (Fsp3) is 0.350. The largest absolute Gasteiger partial charge is 0.454 e. The summed E-state index contributed by atoms with van der Waals surface area (Å²) >= 11 is 0. The zero-order chi connectivity index (χ0) is 19.6. The Balaban J connectivity index is 1.76. The first-order chi connectivity index (χ1) is 13.3. The number of rotatable bonds is 1. The molecule has 0 spiro atoms. The topological polar surface area (TPSA) is 119 Å². The molecule has 0 amide bonds. The highest BCUT2D eigenvalue weighted by Gasteiger charge is 2.42. The van der Waals surface area contributed by atoms with E-state index in [1.807, 2.05) is 12.1 Å². The number of ether oxygens (including phenoxy) is 2. The first-order valence-electron chi connectivity index (χ1n) is 9.15. The molecular weight excluding hydrogens is 360 g/mol. The van der Waals surface area contributed by atoms with Crippen LogP contribution in [0.4, 0.5) is 11.8 Å². The Morgan fingerprint density at radius 2 is 1.96 bits per heavy atom. The zero-order valence-electron chi connectivity index (χ0n) is 15.6. The van der Waals surface area contributed by atoms with E-state index >= 15 is 0 Å². The van der Waals surface area contributed by atoms with Crippen LogP contribution in [0.15, 0.2) is 34.3 Å². The Morgan fingerprint density at radius 3 is 2.79 bits per heavy atom. The van der Waals surface area contributed by atoms with Gasteiger partial charge in [-0.25, -0.2) is 0 Å². The lowest BCUT2D eigenvalue weighted by molar-refractivity contribution is -0.118. The molecular formula is C20H20N4O4. The van der Waals surface area contributed by atoms with Gasteiger partial charge in [-0.3, -0.25) is 14.6 Å². The van der Waals surface area contributed by atoms with Gasteiger partial charge < -0.3 is 20.5 Å². The second-order valence-corrected chi connectivity index (χ2v) is 8.22. The van der Waals surface area contributed by atoms with Crippen molar-refractivity contribution in [2.45, 2.75) is 32.6 Å². The summed E-state index contributed by atoms with van der Waals surface area (Å²) in [5, 5.41) is 3.21. The Morgan fingerprint density at radius 1 is 1.18 bits per heavy atom. The SMILES string of the molecule is CC1(C)CC(=O)C2=C(C1)Nc1nc(N)[nH]c(=O)c1C2c1ccc2c(c1)OCO2. The summed E-state index contributed by atoms with van der Waals surface area (Å²) in [6, 6.07) is 5.49. The van der Waals surface area contributed by atoms with Gasteiger partial charge in [0.1, 0.15) is 5.82 Å². The summed E-state index contributed by atoms with van der Waals surface area (Å²) in [6.07, 6.45) is 1.10. The minimum Gasteiger partial charge on any atom is -0.454 e. The number of anilines is 2. The fourth-order valence-electron chi connectivity index (χ4n) is 4.36. The van der Waals surface area contributed by atoms with E-state index in [9.17, 15) is 9.59 Å². The number of allylic oxidation sites excluding steroid dienone is 2. The van der Waals surface area contributed by atoms with Gasteiger partial charge in [-0.05, 0) is 29.5 Å². The van der Waals surface area contributed by atoms with Crippen LogP contribution >= 0.6 is 0 Å². The van der Waals surface area contributed by atoms with Gasteiger partial charge in [-0.2, -0.15) is 4.98 Å². The van der Waals surface area contributed by atoms with Crippen LogP contribution in [0.1, 0.15) is 43.7 Å². The molecule has 144 valence electrons. The van der Waals surface area contributed by atoms with Crippen LogP contribution in [0, 0.1) is 5.41 Å².